The standard InChI is InChI=1S/C15H13ClFNO/c1-8-5-11(6-9(2)14(8)17)15(19)10-3-4-12(16)13(18)7-10/h3-7H,18H2,1-2H3. The van der Waals surface area contributed by atoms with E-state index in [0.29, 0.717) is 33.0 Å². The van der Waals surface area contributed by atoms with Gasteiger partial charge in [0.2, 0.25) is 0 Å². The first-order valence-corrected chi connectivity index (χ1v) is 6.14. The zero-order valence-corrected chi connectivity index (χ0v) is 11.4. The number of aryl methyl sites for hydroxylation is 2. The molecule has 0 saturated heterocycles. The van der Waals surface area contributed by atoms with Crippen molar-refractivity contribution in [3.63, 3.8) is 0 Å². The first-order valence-electron chi connectivity index (χ1n) is 5.76. The Balaban J connectivity index is 2.47. The molecule has 4 heteroatoms. The molecule has 19 heavy (non-hydrogen) atoms. The van der Waals surface area contributed by atoms with Crippen LogP contribution in [0.4, 0.5) is 10.1 Å². The Bertz CT molecular complexity index is 644. The average Bonchev–Trinajstić information content (AvgIpc) is 2.37. The summed E-state index contributed by atoms with van der Waals surface area (Å²) in [6, 6.07) is 7.78. The fraction of sp³-hybridized carbons (Fsp3) is 0.133. The molecule has 2 aromatic carbocycles. The van der Waals surface area contributed by atoms with Crippen LogP contribution < -0.4 is 5.73 Å². The van der Waals surface area contributed by atoms with Crippen molar-refractivity contribution in [2.24, 2.45) is 0 Å². The summed E-state index contributed by atoms with van der Waals surface area (Å²) in [5.74, 6) is -0.485. The van der Waals surface area contributed by atoms with Crippen LogP contribution in [0.25, 0.3) is 0 Å². The molecule has 0 radical (unpaired) electrons. The molecular weight excluding hydrogens is 265 g/mol. The second-order valence-electron chi connectivity index (χ2n) is 4.49. The Labute approximate surface area is 116 Å². The molecule has 2 rings (SSSR count). The van der Waals surface area contributed by atoms with Crippen LogP contribution in [-0.4, -0.2) is 5.78 Å². The summed E-state index contributed by atoms with van der Waals surface area (Å²) < 4.78 is 13.5. The number of benzene rings is 2. The Morgan fingerprint density at radius 3 is 2.21 bits per heavy atom. The highest BCUT2D eigenvalue weighted by molar-refractivity contribution is 6.33. The molecule has 2 aromatic rings. The van der Waals surface area contributed by atoms with Gasteiger partial charge in [-0.05, 0) is 55.3 Å². The zero-order valence-electron chi connectivity index (χ0n) is 10.6. The third-order valence-corrected chi connectivity index (χ3v) is 3.30. The number of anilines is 1. The van der Waals surface area contributed by atoms with Crippen LogP contribution in [0.2, 0.25) is 5.02 Å². The molecule has 0 aliphatic rings. The molecule has 0 amide bonds. The number of ketones is 1. The fourth-order valence-electron chi connectivity index (χ4n) is 1.93. The summed E-state index contributed by atoms with van der Waals surface area (Å²) >= 11 is 5.82. The van der Waals surface area contributed by atoms with E-state index >= 15 is 0 Å². The molecule has 0 aliphatic heterocycles. The summed E-state index contributed by atoms with van der Waals surface area (Å²) in [5, 5.41) is 0.406. The van der Waals surface area contributed by atoms with E-state index in [1.54, 1.807) is 26.0 Å². The van der Waals surface area contributed by atoms with Crippen molar-refractivity contribution < 1.29 is 9.18 Å². The largest absolute Gasteiger partial charge is 0.398 e. The second kappa shape index (κ2) is 5.02. The van der Waals surface area contributed by atoms with Gasteiger partial charge in [-0.3, -0.25) is 4.79 Å². The van der Waals surface area contributed by atoms with Crippen LogP contribution >= 0.6 is 11.6 Å². The lowest BCUT2D eigenvalue weighted by Crippen LogP contribution is -2.04. The number of carbonyl (C=O) groups is 1. The Kier molecular flexibility index (Phi) is 3.58. The molecule has 98 valence electrons. The first kappa shape index (κ1) is 13.6. The van der Waals surface area contributed by atoms with Gasteiger partial charge < -0.3 is 5.73 Å². The third-order valence-electron chi connectivity index (χ3n) is 2.96. The lowest BCUT2D eigenvalue weighted by Gasteiger charge is -2.07. The average molecular weight is 278 g/mol. The molecule has 0 heterocycles. The summed E-state index contributed by atoms with van der Waals surface area (Å²) in [4.78, 5) is 12.3. The van der Waals surface area contributed by atoms with Crippen LogP contribution in [0, 0.1) is 19.7 Å². The van der Waals surface area contributed by atoms with Crippen LogP contribution in [0.15, 0.2) is 30.3 Å². The maximum Gasteiger partial charge on any atom is 0.193 e. The van der Waals surface area contributed by atoms with E-state index in [-0.39, 0.29) is 11.6 Å². The van der Waals surface area contributed by atoms with Gasteiger partial charge in [0.25, 0.3) is 0 Å². The van der Waals surface area contributed by atoms with Gasteiger partial charge in [-0.25, -0.2) is 4.39 Å². The third kappa shape index (κ3) is 2.61. The normalized spacial score (nSPS) is 10.5. The Morgan fingerprint density at radius 2 is 1.68 bits per heavy atom. The highest BCUT2D eigenvalue weighted by Crippen LogP contribution is 2.23. The fourth-order valence-corrected chi connectivity index (χ4v) is 2.05. The summed E-state index contributed by atoms with van der Waals surface area (Å²) in [5.41, 5.74) is 7.81. The number of rotatable bonds is 2. The quantitative estimate of drug-likeness (QED) is 0.668. The van der Waals surface area contributed by atoms with Gasteiger partial charge in [-0.15, -0.1) is 0 Å². The first-order chi connectivity index (χ1) is 8.90. The van der Waals surface area contributed by atoms with Gasteiger partial charge in [0.15, 0.2) is 5.78 Å². The van der Waals surface area contributed by atoms with Crippen LogP contribution in [0.5, 0.6) is 0 Å². The van der Waals surface area contributed by atoms with Gasteiger partial charge in [-0.2, -0.15) is 0 Å². The SMILES string of the molecule is Cc1cc(C(=O)c2ccc(Cl)c(N)c2)cc(C)c1F. The minimum absolute atomic E-state index is 0.199. The van der Waals surface area contributed by atoms with E-state index in [4.69, 9.17) is 17.3 Å². The van der Waals surface area contributed by atoms with Crippen molar-refractivity contribution >= 4 is 23.1 Å². The summed E-state index contributed by atoms with van der Waals surface area (Å²) in [6.45, 7) is 3.27. The summed E-state index contributed by atoms with van der Waals surface area (Å²) in [7, 11) is 0. The second-order valence-corrected chi connectivity index (χ2v) is 4.90. The molecule has 0 aromatic heterocycles. The van der Waals surface area contributed by atoms with Crippen molar-refractivity contribution in [2.75, 3.05) is 5.73 Å². The van der Waals surface area contributed by atoms with Gasteiger partial charge in [0.1, 0.15) is 5.82 Å². The van der Waals surface area contributed by atoms with Crippen LogP contribution in [0.3, 0.4) is 0 Å². The van der Waals surface area contributed by atoms with Crippen LogP contribution in [0.1, 0.15) is 27.0 Å². The molecule has 0 bridgehead atoms. The van der Waals surface area contributed by atoms with Gasteiger partial charge in [0.05, 0.1) is 10.7 Å². The number of carbonyl (C=O) groups excluding carboxylic acids is 1. The maximum atomic E-state index is 13.5. The molecule has 0 aliphatic carbocycles. The zero-order chi connectivity index (χ0) is 14.2. The number of nitrogen functional groups attached to an aromatic ring is 1. The summed E-state index contributed by atoms with van der Waals surface area (Å²) in [6.07, 6.45) is 0. The van der Waals surface area contributed by atoms with Gasteiger partial charge >= 0.3 is 0 Å². The van der Waals surface area contributed by atoms with Gasteiger partial charge in [-0.1, -0.05) is 11.6 Å². The molecular formula is C15H13ClFNO. The lowest BCUT2D eigenvalue weighted by atomic mass is 9.99. The minimum Gasteiger partial charge on any atom is -0.398 e. The van der Waals surface area contributed by atoms with E-state index < -0.39 is 0 Å². The van der Waals surface area contributed by atoms with E-state index in [2.05, 4.69) is 0 Å². The van der Waals surface area contributed by atoms with Crippen molar-refractivity contribution in [3.05, 3.63) is 63.4 Å². The number of hydrogen-bond donors (Lipinski definition) is 1. The van der Waals surface area contributed by atoms with Crippen LogP contribution in [-0.2, 0) is 0 Å². The maximum absolute atomic E-state index is 13.5. The van der Waals surface area contributed by atoms with Crippen molar-refractivity contribution in [3.8, 4) is 0 Å². The molecule has 0 saturated carbocycles. The Morgan fingerprint density at radius 1 is 1.11 bits per heavy atom. The van der Waals surface area contributed by atoms with Gasteiger partial charge in [0, 0.05) is 11.1 Å². The minimum atomic E-state index is -0.285. The monoisotopic (exact) mass is 277 g/mol. The topological polar surface area (TPSA) is 43.1 Å². The van der Waals surface area contributed by atoms with E-state index in [9.17, 15) is 9.18 Å². The molecule has 0 unspecified atom stereocenters. The highest BCUT2D eigenvalue weighted by atomic mass is 35.5. The molecule has 0 spiro atoms. The smallest absolute Gasteiger partial charge is 0.193 e. The molecule has 0 atom stereocenters. The predicted molar refractivity (Wildman–Crippen MR) is 75.2 cm³/mol. The predicted octanol–water partition coefficient (Wildman–Crippen LogP) is 3.91. The number of hydrogen-bond acceptors (Lipinski definition) is 2. The molecule has 2 N–H and O–H groups in total. The molecule has 2 nitrogen and oxygen atoms in total. The Hall–Kier alpha value is -1.87. The van der Waals surface area contributed by atoms with E-state index in [1.807, 2.05) is 0 Å². The molecule has 0 fully saturated rings. The van der Waals surface area contributed by atoms with E-state index in [1.165, 1.54) is 18.2 Å². The highest BCUT2D eigenvalue weighted by Gasteiger charge is 2.13. The van der Waals surface area contributed by atoms with Crippen molar-refractivity contribution in [1.29, 1.82) is 0 Å². The van der Waals surface area contributed by atoms with E-state index in [0.717, 1.165) is 0 Å². The van der Waals surface area contributed by atoms with Crippen molar-refractivity contribution in [1.82, 2.24) is 0 Å². The number of halogens is 2. The van der Waals surface area contributed by atoms with Crippen molar-refractivity contribution in [2.45, 2.75) is 13.8 Å². The lowest BCUT2D eigenvalue weighted by molar-refractivity contribution is 0.103. The number of nitrogens with two attached hydrogens (primary N) is 1.